The van der Waals surface area contributed by atoms with Gasteiger partial charge in [-0.25, -0.2) is 0 Å². The molecule has 4 nitrogen and oxygen atoms in total. The summed E-state index contributed by atoms with van der Waals surface area (Å²) in [4.78, 5) is 27.6. The minimum absolute atomic E-state index is 0.0743. The third kappa shape index (κ3) is 3.96. The van der Waals surface area contributed by atoms with Gasteiger partial charge in [-0.1, -0.05) is 73.7 Å². The number of benzene rings is 2. The number of aryl methyl sites for hydroxylation is 1. The quantitative estimate of drug-likeness (QED) is 0.830. The molecular weight excluding hydrogens is 348 g/mol. The first-order valence-electron chi connectivity index (χ1n) is 10.4. The van der Waals surface area contributed by atoms with Crippen molar-refractivity contribution in [3.63, 3.8) is 0 Å². The van der Waals surface area contributed by atoms with E-state index in [0.29, 0.717) is 12.3 Å². The molecule has 0 radical (unpaired) electrons. The summed E-state index contributed by atoms with van der Waals surface area (Å²) in [6.45, 7) is 2.14. The fourth-order valence-corrected chi connectivity index (χ4v) is 4.62. The van der Waals surface area contributed by atoms with Gasteiger partial charge in [0.05, 0.1) is 6.04 Å². The Morgan fingerprint density at radius 1 is 1.11 bits per heavy atom. The van der Waals surface area contributed by atoms with E-state index in [4.69, 9.17) is 0 Å². The number of carbonyl (C=O) groups is 2. The van der Waals surface area contributed by atoms with E-state index in [9.17, 15) is 9.59 Å². The number of nitrogens with one attached hydrogen (secondary N) is 1. The Bertz CT molecular complexity index is 856. The summed E-state index contributed by atoms with van der Waals surface area (Å²) in [6, 6.07) is 15.9. The van der Waals surface area contributed by atoms with E-state index in [1.807, 2.05) is 49.4 Å². The van der Waals surface area contributed by atoms with Crippen LogP contribution in [0.4, 0.5) is 5.69 Å². The molecule has 1 fully saturated rings. The largest absolute Gasteiger partial charge is 0.324 e. The first-order chi connectivity index (χ1) is 13.6. The van der Waals surface area contributed by atoms with Crippen LogP contribution in [0.1, 0.15) is 61.3 Å². The smallest absolute Gasteiger partial charge is 0.244 e. The molecular formula is C24H28N2O2. The molecule has 0 aromatic heterocycles. The highest BCUT2D eigenvalue weighted by molar-refractivity contribution is 5.97. The van der Waals surface area contributed by atoms with Crippen molar-refractivity contribution >= 4 is 17.5 Å². The molecule has 2 aromatic carbocycles. The lowest BCUT2D eigenvalue weighted by Gasteiger charge is -2.31. The maximum Gasteiger partial charge on any atom is 0.244 e. The summed E-state index contributed by atoms with van der Waals surface area (Å²) in [5.74, 6) is 0.609. The standard InChI is InChI=1S/C24H28N2O2/c1-17-11-13-21-20(15-17)24(19-9-3-2-4-10-19)26(16-22(27)25-21)23(28)14-12-18-7-5-6-8-18/h2-4,9-11,13,15,18,24H,5-8,12,14,16H2,1H3,(H,25,27)/t24-/m0/s1. The molecule has 4 rings (SSSR count). The second-order valence-electron chi connectivity index (χ2n) is 8.16. The number of carbonyl (C=O) groups excluding carboxylic acids is 2. The van der Waals surface area contributed by atoms with Gasteiger partial charge in [0.2, 0.25) is 11.8 Å². The highest BCUT2D eigenvalue weighted by atomic mass is 16.2. The highest BCUT2D eigenvalue weighted by Gasteiger charge is 2.33. The van der Waals surface area contributed by atoms with Gasteiger partial charge in [0, 0.05) is 17.7 Å². The van der Waals surface area contributed by atoms with Crippen molar-refractivity contribution in [2.24, 2.45) is 5.92 Å². The molecule has 1 saturated carbocycles. The number of hydrogen-bond donors (Lipinski definition) is 1. The zero-order chi connectivity index (χ0) is 19.5. The van der Waals surface area contributed by atoms with Gasteiger partial charge in [-0.2, -0.15) is 0 Å². The van der Waals surface area contributed by atoms with Crippen LogP contribution in [0.3, 0.4) is 0 Å². The number of rotatable bonds is 4. The molecule has 2 amide bonds. The van der Waals surface area contributed by atoms with Crippen molar-refractivity contribution in [3.8, 4) is 0 Å². The van der Waals surface area contributed by atoms with Crippen LogP contribution in [0.5, 0.6) is 0 Å². The molecule has 1 N–H and O–H groups in total. The van der Waals surface area contributed by atoms with Crippen LogP contribution in [0.2, 0.25) is 0 Å². The van der Waals surface area contributed by atoms with Gasteiger partial charge in [-0.05, 0) is 30.9 Å². The molecule has 1 heterocycles. The van der Waals surface area contributed by atoms with Crippen LogP contribution in [0, 0.1) is 12.8 Å². The van der Waals surface area contributed by atoms with Crippen molar-refractivity contribution in [2.75, 3.05) is 11.9 Å². The molecule has 28 heavy (non-hydrogen) atoms. The summed E-state index contributed by atoms with van der Waals surface area (Å²) in [6.07, 6.45) is 6.48. The SMILES string of the molecule is Cc1ccc2c(c1)[C@H](c1ccccc1)N(C(=O)CCC1CCCC1)CC(=O)N2. The molecule has 146 valence electrons. The monoisotopic (exact) mass is 376 g/mol. The first-order valence-corrected chi connectivity index (χ1v) is 10.4. The van der Waals surface area contributed by atoms with E-state index in [2.05, 4.69) is 11.4 Å². The van der Waals surface area contributed by atoms with Gasteiger partial charge >= 0.3 is 0 Å². The van der Waals surface area contributed by atoms with Gasteiger partial charge in [0.25, 0.3) is 0 Å². The molecule has 0 spiro atoms. The van der Waals surface area contributed by atoms with E-state index >= 15 is 0 Å². The van der Waals surface area contributed by atoms with Gasteiger partial charge in [-0.15, -0.1) is 0 Å². The van der Waals surface area contributed by atoms with E-state index in [1.54, 1.807) is 4.90 Å². The van der Waals surface area contributed by atoms with Gasteiger partial charge in [0.1, 0.15) is 6.54 Å². The second kappa shape index (κ2) is 8.17. The van der Waals surface area contributed by atoms with Gasteiger partial charge in [-0.3, -0.25) is 9.59 Å². The highest BCUT2D eigenvalue weighted by Crippen LogP contribution is 2.37. The number of anilines is 1. The first kappa shape index (κ1) is 18.7. The van der Waals surface area contributed by atoms with Crippen LogP contribution in [0.25, 0.3) is 0 Å². The normalized spacial score (nSPS) is 19.8. The molecule has 0 bridgehead atoms. The average Bonchev–Trinajstić information content (AvgIpc) is 3.17. The minimum Gasteiger partial charge on any atom is -0.324 e. The summed E-state index contributed by atoms with van der Waals surface area (Å²) in [5, 5.41) is 3.00. The third-order valence-electron chi connectivity index (χ3n) is 6.08. The Morgan fingerprint density at radius 2 is 1.86 bits per heavy atom. The average molecular weight is 377 g/mol. The molecule has 1 aliphatic carbocycles. The van der Waals surface area contributed by atoms with Crippen LogP contribution in [-0.2, 0) is 9.59 Å². The van der Waals surface area contributed by atoms with E-state index in [0.717, 1.165) is 28.8 Å². The molecule has 0 unspecified atom stereocenters. The molecule has 2 aliphatic rings. The van der Waals surface area contributed by atoms with Crippen LogP contribution in [-0.4, -0.2) is 23.3 Å². The zero-order valence-corrected chi connectivity index (χ0v) is 16.5. The Hall–Kier alpha value is -2.62. The van der Waals surface area contributed by atoms with Crippen LogP contribution >= 0.6 is 0 Å². The number of nitrogens with zero attached hydrogens (tertiary/aromatic N) is 1. The lowest BCUT2D eigenvalue weighted by atomic mass is 9.94. The fourth-order valence-electron chi connectivity index (χ4n) is 4.62. The summed E-state index contributed by atoms with van der Waals surface area (Å²) >= 11 is 0. The predicted octanol–water partition coefficient (Wildman–Crippen LogP) is 4.84. The molecule has 0 saturated heterocycles. The Morgan fingerprint density at radius 3 is 2.61 bits per heavy atom. The zero-order valence-electron chi connectivity index (χ0n) is 16.5. The maximum atomic E-state index is 13.3. The topological polar surface area (TPSA) is 49.4 Å². The summed E-state index contributed by atoms with van der Waals surface area (Å²) in [7, 11) is 0. The molecule has 1 atom stereocenters. The molecule has 1 aliphatic heterocycles. The van der Waals surface area contributed by atoms with E-state index in [1.165, 1.54) is 25.7 Å². The number of fused-ring (bicyclic) bond motifs is 1. The lowest BCUT2D eigenvalue weighted by Crippen LogP contribution is -2.39. The summed E-state index contributed by atoms with van der Waals surface area (Å²) in [5.41, 5.74) is 3.95. The van der Waals surface area contributed by atoms with Crippen molar-refractivity contribution in [1.82, 2.24) is 4.90 Å². The molecule has 4 heteroatoms. The van der Waals surface area contributed by atoms with E-state index < -0.39 is 0 Å². The van der Waals surface area contributed by atoms with Crippen LogP contribution < -0.4 is 5.32 Å². The minimum atomic E-state index is -0.244. The van der Waals surface area contributed by atoms with Gasteiger partial charge in [0.15, 0.2) is 0 Å². The predicted molar refractivity (Wildman–Crippen MR) is 111 cm³/mol. The Labute approximate surface area is 166 Å². The lowest BCUT2D eigenvalue weighted by molar-refractivity contribution is -0.136. The van der Waals surface area contributed by atoms with Crippen molar-refractivity contribution < 1.29 is 9.59 Å². The third-order valence-corrected chi connectivity index (χ3v) is 6.08. The Kier molecular flexibility index (Phi) is 5.47. The van der Waals surface area contributed by atoms with Gasteiger partial charge < -0.3 is 10.2 Å². The Balaban J connectivity index is 1.69. The van der Waals surface area contributed by atoms with Crippen LogP contribution in [0.15, 0.2) is 48.5 Å². The maximum absolute atomic E-state index is 13.3. The van der Waals surface area contributed by atoms with Crippen molar-refractivity contribution in [1.29, 1.82) is 0 Å². The number of amides is 2. The summed E-state index contributed by atoms with van der Waals surface area (Å²) < 4.78 is 0. The number of hydrogen-bond acceptors (Lipinski definition) is 2. The van der Waals surface area contributed by atoms with Crippen molar-refractivity contribution in [3.05, 3.63) is 65.2 Å². The second-order valence-corrected chi connectivity index (χ2v) is 8.16. The van der Waals surface area contributed by atoms with E-state index in [-0.39, 0.29) is 24.4 Å². The molecule has 2 aromatic rings. The van der Waals surface area contributed by atoms with Crippen molar-refractivity contribution in [2.45, 2.75) is 51.5 Å². The fraction of sp³-hybridized carbons (Fsp3) is 0.417.